The number of phenols is 2. The number of aromatic nitrogens is 1. The van der Waals surface area contributed by atoms with Gasteiger partial charge in [0.1, 0.15) is 4.88 Å². The largest absolute Gasteiger partial charge is 0.504 e. The molecule has 1 amide bonds. The van der Waals surface area contributed by atoms with E-state index >= 15 is 0 Å². The van der Waals surface area contributed by atoms with Gasteiger partial charge in [0, 0.05) is 0 Å². The second-order valence-electron chi connectivity index (χ2n) is 5.36. The van der Waals surface area contributed by atoms with Crippen molar-refractivity contribution in [3.63, 3.8) is 0 Å². The molecule has 1 aromatic carbocycles. The first-order chi connectivity index (χ1) is 12.9. The number of phenolic OH excluding ortho intramolecular Hbond substituents is 2. The van der Waals surface area contributed by atoms with Gasteiger partial charge in [0.15, 0.2) is 16.7 Å². The van der Waals surface area contributed by atoms with Gasteiger partial charge in [-0.3, -0.25) is 4.79 Å². The quantitative estimate of drug-likeness (QED) is 0.406. The maximum Gasteiger partial charge on any atom is 0.350 e. The van der Waals surface area contributed by atoms with E-state index < -0.39 is 5.97 Å². The zero-order chi connectivity index (χ0) is 19.6. The van der Waals surface area contributed by atoms with Gasteiger partial charge in [-0.05, 0) is 49.4 Å². The highest BCUT2D eigenvalue weighted by atomic mass is 32.2. The average Bonchev–Trinajstić information content (AvgIpc) is 3.14. The van der Waals surface area contributed by atoms with E-state index in [-0.39, 0.29) is 24.0 Å². The summed E-state index contributed by atoms with van der Waals surface area (Å²) in [5.74, 6) is -1.30. The number of esters is 1. The van der Waals surface area contributed by atoms with Crippen LogP contribution in [0.3, 0.4) is 0 Å². The molecule has 27 heavy (non-hydrogen) atoms. The minimum Gasteiger partial charge on any atom is -0.504 e. The van der Waals surface area contributed by atoms with Crippen molar-refractivity contribution in [3.8, 4) is 11.5 Å². The summed E-state index contributed by atoms with van der Waals surface area (Å²) in [6.45, 7) is 3.68. The Kier molecular flexibility index (Phi) is 5.47. The zero-order valence-electron chi connectivity index (χ0n) is 14.3. The highest BCUT2D eigenvalue weighted by Crippen LogP contribution is 2.32. The third-order valence-electron chi connectivity index (χ3n) is 3.39. The molecule has 1 fully saturated rings. The molecule has 8 nitrogen and oxygen atoms in total. The lowest BCUT2D eigenvalue weighted by atomic mass is 10.2. The van der Waals surface area contributed by atoms with E-state index in [1.165, 1.54) is 12.1 Å². The first-order valence-electron chi connectivity index (χ1n) is 7.83. The van der Waals surface area contributed by atoms with Gasteiger partial charge in [-0.2, -0.15) is 4.99 Å². The number of hydrogen-bond acceptors (Lipinski definition) is 9. The molecule has 1 saturated heterocycles. The summed E-state index contributed by atoms with van der Waals surface area (Å²) in [4.78, 5) is 33.2. The molecule has 1 aliphatic rings. The number of thioether (sulfide) groups is 1. The molecule has 0 atom stereocenters. The molecule has 0 unspecified atom stereocenters. The lowest BCUT2D eigenvalue weighted by molar-refractivity contribution is -0.115. The van der Waals surface area contributed by atoms with Gasteiger partial charge in [0.25, 0.3) is 5.91 Å². The molecule has 3 N–H and O–H groups in total. The number of aliphatic imine (C=N–C) groups is 1. The molecule has 0 saturated carbocycles. The number of nitrogens with one attached hydrogen (secondary N) is 1. The third-order valence-corrected chi connectivity index (χ3v) is 5.33. The standard InChI is InChI=1S/C17H15N3O5S2/c1-3-25-15(24)13-8(2)18-16(27-13)20-17-19-14(23)12(26-17)7-9-4-5-10(21)11(22)6-9/h4-7,21-22H,3H2,1-2H3,(H,18,19,20,23)/b12-7-. The maximum atomic E-state index is 12.1. The third kappa shape index (κ3) is 4.29. The lowest BCUT2D eigenvalue weighted by Crippen LogP contribution is -2.19. The number of amides is 1. The minimum atomic E-state index is -0.449. The molecule has 0 radical (unpaired) electrons. The summed E-state index contributed by atoms with van der Waals surface area (Å²) in [6.07, 6.45) is 1.57. The van der Waals surface area contributed by atoms with Gasteiger partial charge in [0.05, 0.1) is 17.2 Å². The van der Waals surface area contributed by atoms with Gasteiger partial charge in [-0.25, -0.2) is 9.78 Å². The molecule has 2 aromatic rings. The predicted molar refractivity (Wildman–Crippen MR) is 103 cm³/mol. The minimum absolute atomic E-state index is 0.237. The molecular formula is C17H15N3O5S2. The summed E-state index contributed by atoms with van der Waals surface area (Å²) >= 11 is 2.20. The number of rotatable bonds is 4. The van der Waals surface area contributed by atoms with Crippen LogP contribution in [-0.2, 0) is 9.53 Å². The van der Waals surface area contributed by atoms with E-state index in [9.17, 15) is 19.8 Å². The van der Waals surface area contributed by atoms with Crippen molar-refractivity contribution in [3.05, 3.63) is 39.2 Å². The number of ether oxygens (including phenoxy) is 1. The number of nitrogens with zero attached hydrogens (tertiary/aromatic N) is 2. The molecule has 3 rings (SSSR count). The fourth-order valence-corrected chi connectivity index (χ4v) is 3.88. The molecular weight excluding hydrogens is 390 g/mol. The number of aromatic hydroxyl groups is 2. The normalized spacial score (nSPS) is 16.7. The second-order valence-corrected chi connectivity index (χ2v) is 7.37. The fraction of sp³-hybridized carbons (Fsp3) is 0.176. The van der Waals surface area contributed by atoms with Gasteiger partial charge in [-0.15, -0.1) is 0 Å². The van der Waals surface area contributed by atoms with Crippen LogP contribution >= 0.6 is 23.1 Å². The van der Waals surface area contributed by atoms with E-state index in [2.05, 4.69) is 15.3 Å². The van der Waals surface area contributed by atoms with Crippen molar-refractivity contribution in [1.82, 2.24) is 10.3 Å². The van der Waals surface area contributed by atoms with Gasteiger partial charge >= 0.3 is 5.97 Å². The Balaban J connectivity index is 1.81. The number of thiazole rings is 1. The molecule has 1 aromatic heterocycles. The second kappa shape index (κ2) is 7.80. The number of carbonyl (C=O) groups is 2. The summed E-state index contributed by atoms with van der Waals surface area (Å²) in [5, 5.41) is 22.2. The SMILES string of the molecule is CCOC(=O)c1sc(N=C2NC(=O)/C(=C/c3ccc(O)c(O)c3)S2)nc1C. The number of hydrogen-bond donors (Lipinski definition) is 3. The molecule has 0 bridgehead atoms. The monoisotopic (exact) mass is 405 g/mol. The highest BCUT2D eigenvalue weighted by molar-refractivity contribution is 8.18. The first-order valence-corrected chi connectivity index (χ1v) is 9.46. The summed E-state index contributed by atoms with van der Waals surface area (Å²) in [5.41, 5.74) is 1.07. The van der Waals surface area contributed by atoms with Gasteiger partial charge in [-0.1, -0.05) is 17.4 Å². The Morgan fingerprint density at radius 2 is 2.15 bits per heavy atom. The highest BCUT2D eigenvalue weighted by Gasteiger charge is 2.25. The van der Waals surface area contributed by atoms with E-state index in [1.54, 1.807) is 26.0 Å². The predicted octanol–water partition coefficient (Wildman–Crippen LogP) is 2.93. The van der Waals surface area contributed by atoms with Crippen LogP contribution in [0.25, 0.3) is 6.08 Å². The Bertz CT molecular complexity index is 981. The van der Waals surface area contributed by atoms with Crippen molar-refractivity contribution in [1.29, 1.82) is 0 Å². The smallest absolute Gasteiger partial charge is 0.350 e. The van der Waals surface area contributed by atoms with Gasteiger partial charge < -0.3 is 20.3 Å². The number of aryl methyl sites for hydroxylation is 1. The Morgan fingerprint density at radius 3 is 2.85 bits per heavy atom. The number of benzene rings is 1. The van der Waals surface area contributed by atoms with Crippen LogP contribution in [0.2, 0.25) is 0 Å². The van der Waals surface area contributed by atoms with E-state index in [4.69, 9.17) is 4.74 Å². The molecule has 10 heteroatoms. The van der Waals surface area contributed by atoms with E-state index in [1.807, 2.05) is 0 Å². The average molecular weight is 405 g/mol. The number of amidine groups is 1. The van der Waals surface area contributed by atoms with Crippen molar-refractivity contribution in [2.24, 2.45) is 4.99 Å². The first kappa shape index (κ1) is 18.9. The van der Waals surface area contributed by atoms with Crippen LogP contribution in [0.5, 0.6) is 11.5 Å². The van der Waals surface area contributed by atoms with Crippen molar-refractivity contribution in [2.45, 2.75) is 13.8 Å². The van der Waals surface area contributed by atoms with Crippen LogP contribution in [0, 0.1) is 6.92 Å². The molecule has 1 aliphatic heterocycles. The van der Waals surface area contributed by atoms with Gasteiger partial charge in [0.2, 0.25) is 5.13 Å². The van der Waals surface area contributed by atoms with Crippen molar-refractivity contribution >= 4 is 51.4 Å². The summed E-state index contributed by atoms with van der Waals surface area (Å²) in [7, 11) is 0. The molecule has 2 heterocycles. The van der Waals surface area contributed by atoms with Crippen molar-refractivity contribution in [2.75, 3.05) is 6.61 Å². The Hall–Kier alpha value is -2.85. The van der Waals surface area contributed by atoms with Crippen LogP contribution in [0.15, 0.2) is 28.1 Å². The Labute approximate surface area is 162 Å². The van der Waals surface area contributed by atoms with Crippen molar-refractivity contribution < 1.29 is 24.5 Å². The van der Waals surface area contributed by atoms with Crippen LogP contribution in [0.4, 0.5) is 5.13 Å². The topological polar surface area (TPSA) is 121 Å². The molecule has 0 spiro atoms. The zero-order valence-corrected chi connectivity index (χ0v) is 16.0. The lowest BCUT2D eigenvalue weighted by Gasteiger charge is -1.99. The van der Waals surface area contributed by atoms with E-state index in [0.717, 1.165) is 23.1 Å². The van der Waals surface area contributed by atoms with Crippen LogP contribution in [-0.4, -0.2) is 38.8 Å². The number of carbonyl (C=O) groups excluding carboxylic acids is 2. The Morgan fingerprint density at radius 1 is 1.37 bits per heavy atom. The van der Waals surface area contributed by atoms with E-state index in [0.29, 0.717) is 31.3 Å². The summed E-state index contributed by atoms with van der Waals surface area (Å²) in [6, 6.07) is 4.26. The molecule has 140 valence electrons. The van der Waals surface area contributed by atoms with Crippen LogP contribution in [0.1, 0.15) is 27.9 Å². The molecule has 0 aliphatic carbocycles. The van der Waals surface area contributed by atoms with Crippen LogP contribution < -0.4 is 5.32 Å². The maximum absolute atomic E-state index is 12.1. The fourth-order valence-electron chi connectivity index (χ4n) is 2.17. The summed E-state index contributed by atoms with van der Waals surface area (Å²) < 4.78 is 4.97.